The number of hydrogen-bond donors (Lipinski definition) is 1. The van der Waals surface area contributed by atoms with E-state index in [4.69, 9.17) is 0 Å². The Morgan fingerprint density at radius 1 is 0.815 bits per heavy atom. The number of pyridine rings is 1. The third-order valence-electron chi connectivity index (χ3n) is 5.80. The summed E-state index contributed by atoms with van der Waals surface area (Å²) in [5.41, 5.74) is 3.16. The quantitative estimate of drug-likeness (QED) is 0.648. The van der Waals surface area contributed by atoms with Crippen molar-refractivity contribution in [1.82, 2.24) is 4.98 Å². The summed E-state index contributed by atoms with van der Waals surface area (Å²) in [5, 5.41) is 9.60. The SMILES string of the molecule is O=C(O)c1cccnc1-c1ccccc1C1CCCCCCCCCCC1. The lowest BCUT2D eigenvalue weighted by atomic mass is 9.84. The van der Waals surface area contributed by atoms with Crippen molar-refractivity contribution in [2.45, 2.75) is 76.5 Å². The van der Waals surface area contributed by atoms with Gasteiger partial charge in [-0.3, -0.25) is 4.98 Å². The van der Waals surface area contributed by atoms with E-state index < -0.39 is 5.97 Å². The summed E-state index contributed by atoms with van der Waals surface area (Å²) in [6.07, 6.45) is 16.0. The highest BCUT2D eigenvalue weighted by molar-refractivity contribution is 5.95. The molecular weight excluding hydrogens is 334 g/mol. The van der Waals surface area contributed by atoms with E-state index in [0.717, 1.165) is 5.56 Å². The van der Waals surface area contributed by atoms with Gasteiger partial charge in [0.15, 0.2) is 0 Å². The Morgan fingerprint density at radius 2 is 1.41 bits per heavy atom. The zero-order valence-corrected chi connectivity index (χ0v) is 16.2. The van der Waals surface area contributed by atoms with Gasteiger partial charge in [-0.2, -0.15) is 0 Å². The van der Waals surface area contributed by atoms with Crippen LogP contribution in [0.3, 0.4) is 0 Å². The first-order valence-corrected chi connectivity index (χ1v) is 10.5. The average molecular weight is 366 g/mol. The minimum atomic E-state index is -0.911. The minimum Gasteiger partial charge on any atom is -0.478 e. The van der Waals surface area contributed by atoms with Crippen molar-refractivity contribution in [2.75, 3.05) is 0 Å². The zero-order valence-electron chi connectivity index (χ0n) is 16.2. The Morgan fingerprint density at radius 3 is 2.04 bits per heavy atom. The fourth-order valence-electron chi connectivity index (χ4n) is 4.34. The van der Waals surface area contributed by atoms with Gasteiger partial charge in [-0.05, 0) is 36.5 Å². The van der Waals surface area contributed by atoms with Gasteiger partial charge in [0, 0.05) is 11.8 Å². The van der Waals surface area contributed by atoms with Crippen molar-refractivity contribution in [1.29, 1.82) is 0 Å². The smallest absolute Gasteiger partial charge is 0.337 e. The second-order valence-electron chi connectivity index (χ2n) is 7.75. The van der Waals surface area contributed by atoms with E-state index >= 15 is 0 Å². The van der Waals surface area contributed by atoms with Crippen LogP contribution in [-0.4, -0.2) is 16.1 Å². The van der Waals surface area contributed by atoms with Crippen LogP contribution in [-0.2, 0) is 0 Å². The number of carboxylic acids is 1. The van der Waals surface area contributed by atoms with Crippen molar-refractivity contribution in [3.05, 3.63) is 53.7 Å². The highest BCUT2D eigenvalue weighted by atomic mass is 16.4. The molecule has 0 bridgehead atoms. The van der Waals surface area contributed by atoms with Crippen LogP contribution >= 0.6 is 0 Å². The monoisotopic (exact) mass is 365 g/mol. The summed E-state index contributed by atoms with van der Waals surface area (Å²) in [4.78, 5) is 16.1. The topological polar surface area (TPSA) is 50.2 Å². The maximum absolute atomic E-state index is 11.7. The maximum atomic E-state index is 11.7. The number of aromatic nitrogens is 1. The fraction of sp³-hybridized carbons (Fsp3) is 0.500. The number of hydrogen-bond acceptors (Lipinski definition) is 2. The lowest BCUT2D eigenvalue weighted by Gasteiger charge is -2.22. The van der Waals surface area contributed by atoms with Crippen LogP contribution in [0.5, 0.6) is 0 Å². The highest BCUT2D eigenvalue weighted by Gasteiger charge is 2.20. The third kappa shape index (κ3) is 5.41. The van der Waals surface area contributed by atoms with Crippen LogP contribution in [0.25, 0.3) is 11.3 Å². The standard InChI is InChI=1S/C24H31NO2/c26-24(27)22-17-12-18-25-23(22)21-16-11-10-15-20(21)19-13-8-6-4-2-1-3-5-7-9-14-19/h10-12,15-19H,1-9,13-14H2,(H,26,27). The summed E-state index contributed by atoms with van der Waals surface area (Å²) >= 11 is 0. The van der Waals surface area contributed by atoms with Crippen LogP contribution in [0.4, 0.5) is 0 Å². The lowest BCUT2D eigenvalue weighted by Crippen LogP contribution is -2.06. The molecule has 1 aromatic heterocycles. The van der Waals surface area contributed by atoms with E-state index in [1.165, 1.54) is 76.2 Å². The van der Waals surface area contributed by atoms with Gasteiger partial charge in [-0.1, -0.05) is 82.1 Å². The molecule has 0 aliphatic heterocycles. The Bertz CT molecular complexity index is 729. The molecule has 0 atom stereocenters. The molecule has 1 aliphatic rings. The van der Waals surface area contributed by atoms with E-state index in [2.05, 4.69) is 17.1 Å². The van der Waals surface area contributed by atoms with Gasteiger partial charge in [0.05, 0.1) is 11.3 Å². The lowest BCUT2D eigenvalue weighted by molar-refractivity contribution is 0.0697. The molecule has 144 valence electrons. The van der Waals surface area contributed by atoms with Gasteiger partial charge in [0.25, 0.3) is 0 Å². The van der Waals surface area contributed by atoms with Gasteiger partial charge < -0.3 is 5.11 Å². The number of rotatable bonds is 3. The Hall–Kier alpha value is -2.16. The molecule has 0 amide bonds. The molecule has 0 unspecified atom stereocenters. The van der Waals surface area contributed by atoms with E-state index in [9.17, 15) is 9.90 Å². The molecule has 27 heavy (non-hydrogen) atoms. The van der Waals surface area contributed by atoms with Gasteiger partial charge in [-0.25, -0.2) is 4.79 Å². The summed E-state index contributed by atoms with van der Waals surface area (Å²) < 4.78 is 0. The van der Waals surface area contributed by atoms with Gasteiger partial charge in [0.2, 0.25) is 0 Å². The second kappa shape index (κ2) is 10.2. The summed E-state index contributed by atoms with van der Waals surface area (Å²) in [7, 11) is 0. The van der Waals surface area contributed by atoms with E-state index in [-0.39, 0.29) is 5.56 Å². The second-order valence-corrected chi connectivity index (χ2v) is 7.75. The van der Waals surface area contributed by atoms with Crippen molar-refractivity contribution in [3.8, 4) is 11.3 Å². The molecule has 0 radical (unpaired) electrons. The van der Waals surface area contributed by atoms with Crippen LogP contribution in [0.1, 0.15) is 92.5 Å². The largest absolute Gasteiger partial charge is 0.478 e. The zero-order chi connectivity index (χ0) is 18.9. The molecule has 1 saturated carbocycles. The fourth-order valence-corrected chi connectivity index (χ4v) is 4.34. The first-order chi connectivity index (χ1) is 13.3. The van der Waals surface area contributed by atoms with Gasteiger partial charge in [-0.15, -0.1) is 0 Å². The van der Waals surface area contributed by atoms with Crippen LogP contribution in [0, 0.1) is 0 Å². The third-order valence-corrected chi connectivity index (χ3v) is 5.80. The number of benzene rings is 1. The van der Waals surface area contributed by atoms with Crippen LogP contribution in [0.15, 0.2) is 42.6 Å². The molecule has 1 aromatic carbocycles. The number of nitrogens with zero attached hydrogens (tertiary/aromatic N) is 1. The first kappa shape index (κ1) is 19.6. The molecule has 1 heterocycles. The van der Waals surface area contributed by atoms with Crippen LogP contribution < -0.4 is 0 Å². The van der Waals surface area contributed by atoms with Crippen molar-refractivity contribution in [3.63, 3.8) is 0 Å². The highest BCUT2D eigenvalue weighted by Crippen LogP contribution is 2.36. The molecule has 1 N–H and O–H groups in total. The average Bonchev–Trinajstić information content (AvgIpc) is 2.68. The molecule has 1 aliphatic carbocycles. The molecular formula is C24H31NO2. The molecule has 3 heteroatoms. The maximum Gasteiger partial charge on any atom is 0.337 e. The van der Waals surface area contributed by atoms with E-state index in [0.29, 0.717) is 11.6 Å². The molecule has 0 spiro atoms. The summed E-state index contributed by atoms with van der Waals surface area (Å²) in [6.45, 7) is 0. The number of carboxylic acid groups (broad SMARTS) is 1. The van der Waals surface area contributed by atoms with Crippen LogP contribution in [0.2, 0.25) is 0 Å². The summed E-state index contributed by atoms with van der Waals surface area (Å²) in [6, 6.07) is 11.7. The molecule has 3 rings (SSSR count). The molecule has 1 fully saturated rings. The molecule has 0 saturated heterocycles. The van der Waals surface area contributed by atoms with E-state index in [1.54, 1.807) is 18.3 Å². The Labute approximate surface area is 162 Å². The molecule has 3 nitrogen and oxygen atoms in total. The predicted octanol–water partition coefficient (Wildman–Crippen LogP) is 6.84. The molecule has 2 aromatic rings. The normalized spacial score (nSPS) is 17.6. The number of carbonyl (C=O) groups is 1. The predicted molar refractivity (Wildman–Crippen MR) is 110 cm³/mol. The van der Waals surface area contributed by atoms with Crippen molar-refractivity contribution in [2.24, 2.45) is 0 Å². The first-order valence-electron chi connectivity index (χ1n) is 10.5. The van der Waals surface area contributed by atoms with Gasteiger partial charge >= 0.3 is 5.97 Å². The number of aromatic carboxylic acids is 1. The van der Waals surface area contributed by atoms with Crippen molar-refractivity contribution >= 4 is 5.97 Å². The Balaban J connectivity index is 1.90. The van der Waals surface area contributed by atoms with Crippen molar-refractivity contribution < 1.29 is 9.90 Å². The van der Waals surface area contributed by atoms with E-state index in [1.807, 2.05) is 12.1 Å². The van der Waals surface area contributed by atoms with Gasteiger partial charge in [0.1, 0.15) is 0 Å². The summed E-state index contributed by atoms with van der Waals surface area (Å²) in [5.74, 6) is -0.420. The minimum absolute atomic E-state index is 0.290. The Kier molecular flexibility index (Phi) is 7.44.